The first-order valence-electron chi connectivity index (χ1n) is 6.62. The van der Waals surface area contributed by atoms with Crippen LogP contribution in [0.2, 0.25) is 0 Å². The summed E-state index contributed by atoms with van der Waals surface area (Å²) in [4.78, 5) is 0. The van der Waals surface area contributed by atoms with E-state index in [0.717, 1.165) is 18.6 Å². The van der Waals surface area contributed by atoms with Gasteiger partial charge >= 0.3 is 0 Å². The Kier molecular flexibility index (Phi) is 3.04. The van der Waals surface area contributed by atoms with Crippen molar-refractivity contribution >= 4 is 11.4 Å². The van der Waals surface area contributed by atoms with Crippen molar-refractivity contribution in [2.45, 2.75) is 38.5 Å². The lowest BCUT2D eigenvalue weighted by Gasteiger charge is -2.21. The van der Waals surface area contributed by atoms with E-state index in [-0.39, 0.29) is 0 Å². The van der Waals surface area contributed by atoms with Crippen molar-refractivity contribution in [3.05, 3.63) is 35.9 Å². The van der Waals surface area contributed by atoms with Crippen LogP contribution in [0.1, 0.15) is 44.1 Å². The lowest BCUT2D eigenvalue weighted by Crippen LogP contribution is -2.18. The van der Waals surface area contributed by atoms with E-state index in [9.17, 15) is 0 Å². The van der Waals surface area contributed by atoms with Crippen molar-refractivity contribution in [2.75, 3.05) is 0 Å². The molecule has 2 heteroatoms. The Hall–Kier alpha value is -1.44. The SMILES string of the molecule is c1ccc(C2=NN=C3CCCC[C@@H]3CC2)cc1. The van der Waals surface area contributed by atoms with Crippen LogP contribution < -0.4 is 0 Å². The van der Waals surface area contributed by atoms with Gasteiger partial charge < -0.3 is 0 Å². The van der Waals surface area contributed by atoms with Crippen molar-refractivity contribution in [2.24, 2.45) is 16.1 Å². The third-order valence-corrected chi connectivity index (χ3v) is 3.84. The van der Waals surface area contributed by atoms with Gasteiger partial charge in [-0.05, 0) is 43.6 Å². The molecule has 1 heterocycles. The Balaban J connectivity index is 1.85. The van der Waals surface area contributed by atoms with Crippen LogP contribution in [0, 0.1) is 5.92 Å². The summed E-state index contributed by atoms with van der Waals surface area (Å²) in [6.07, 6.45) is 7.44. The smallest absolute Gasteiger partial charge is 0.0702 e. The van der Waals surface area contributed by atoms with Crippen LogP contribution in [0.3, 0.4) is 0 Å². The van der Waals surface area contributed by atoms with E-state index in [1.54, 1.807) is 0 Å². The van der Waals surface area contributed by atoms with Gasteiger partial charge in [-0.2, -0.15) is 10.2 Å². The largest absolute Gasteiger partial charge is 0.160 e. The highest BCUT2D eigenvalue weighted by molar-refractivity contribution is 6.02. The number of rotatable bonds is 1. The second-order valence-electron chi connectivity index (χ2n) is 4.99. The molecule has 0 amide bonds. The second-order valence-corrected chi connectivity index (χ2v) is 4.99. The van der Waals surface area contributed by atoms with Crippen LogP contribution in [0.4, 0.5) is 0 Å². The summed E-state index contributed by atoms with van der Waals surface area (Å²) >= 11 is 0. The average Bonchev–Trinajstić information content (AvgIpc) is 2.62. The van der Waals surface area contributed by atoms with Crippen LogP contribution in [0.25, 0.3) is 0 Å². The fourth-order valence-corrected chi connectivity index (χ4v) is 2.83. The molecule has 1 atom stereocenters. The molecule has 88 valence electrons. The van der Waals surface area contributed by atoms with Crippen LogP contribution in [-0.4, -0.2) is 11.4 Å². The van der Waals surface area contributed by atoms with E-state index in [1.807, 2.05) is 6.07 Å². The Bertz CT molecular complexity index is 445. The second kappa shape index (κ2) is 4.82. The molecule has 0 aromatic heterocycles. The Morgan fingerprint density at radius 3 is 2.65 bits per heavy atom. The van der Waals surface area contributed by atoms with Gasteiger partial charge in [0.25, 0.3) is 0 Å². The number of hydrogen-bond acceptors (Lipinski definition) is 2. The summed E-state index contributed by atoms with van der Waals surface area (Å²) in [5.41, 5.74) is 3.74. The summed E-state index contributed by atoms with van der Waals surface area (Å²) in [5.74, 6) is 0.703. The highest BCUT2D eigenvalue weighted by atomic mass is 15.2. The van der Waals surface area contributed by atoms with Gasteiger partial charge in [-0.15, -0.1) is 0 Å². The van der Waals surface area contributed by atoms with Gasteiger partial charge in [0.15, 0.2) is 0 Å². The minimum absolute atomic E-state index is 0.703. The Morgan fingerprint density at radius 2 is 1.76 bits per heavy atom. The minimum Gasteiger partial charge on any atom is -0.160 e. The molecule has 0 saturated heterocycles. The maximum atomic E-state index is 4.51. The normalized spacial score (nSPS) is 24.4. The number of nitrogens with zero attached hydrogens (tertiary/aromatic N) is 2. The van der Waals surface area contributed by atoms with Gasteiger partial charge in [0.1, 0.15) is 0 Å². The first-order chi connectivity index (χ1) is 8.43. The van der Waals surface area contributed by atoms with Gasteiger partial charge in [0.2, 0.25) is 0 Å². The fraction of sp³-hybridized carbons (Fsp3) is 0.467. The lowest BCUT2D eigenvalue weighted by atomic mass is 9.83. The van der Waals surface area contributed by atoms with Crippen LogP contribution in [0.5, 0.6) is 0 Å². The molecule has 0 spiro atoms. The molecule has 1 aliphatic heterocycles. The maximum absolute atomic E-state index is 4.51. The van der Waals surface area contributed by atoms with E-state index in [0.29, 0.717) is 5.92 Å². The summed E-state index contributed by atoms with van der Waals surface area (Å²) in [6.45, 7) is 0. The van der Waals surface area contributed by atoms with Crippen molar-refractivity contribution in [3.8, 4) is 0 Å². The molecule has 0 bridgehead atoms. The van der Waals surface area contributed by atoms with Crippen molar-refractivity contribution < 1.29 is 0 Å². The lowest BCUT2D eigenvalue weighted by molar-refractivity contribution is 0.507. The number of hydrogen-bond donors (Lipinski definition) is 0. The molecule has 0 radical (unpaired) electrons. The van der Waals surface area contributed by atoms with Gasteiger partial charge in [0.05, 0.1) is 5.71 Å². The van der Waals surface area contributed by atoms with Crippen LogP contribution in [0.15, 0.2) is 40.5 Å². The average molecular weight is 226 g/mol. The first-order valence-corrected chi connectivity index (χ1v) is 6.62. The van der Waals surface area contributed by atoms with E-state index < -0.39 is 0 Å². The molecule has 0 unspecified atom stereocenters. The van der Waals surface area contributed by atoms with Crippen molar-refractivity contribution in [1.82, 2.24) is 0 Å². The molecule has 1 aromatic rings. The maximum Gasteiger partial charge on any atom is 0.0702 e. The third-order valence-electron chi connectivity index (χ3n) is 3.84. The predicted molar refractivity (Wildman–Crippen MR) is 71.6 cm³/mol. The summed E-state index contributed by atoms with van der Waals surface area (Å²) < 4.78 is 0. The topological polar surface area (TPSA) is 24.7 Å². The molecule has 1 aromatic carbocycles. The summed E-state index contributed by atoms with van der Waals surface area (Å²) in [6, 6.07) is 10.5. The summed E-state index contributed by atoms with van der Waals surface area (Å²) in [5, 5.41) is 8.99. The minimum atomic E-state index is 0.703. The molecular formula is C15H18N2. The number of fused-ring (bicyclic) bond motifs is 1. The monoisotopic (exact) mass is 226 g/mol. The highest BCUT2D eigenvalue weighted by Gasteiger charge is 2.23. The Labute approximate surface area is 102 Å². The third kappa shape index (κ3) is 2.31. The van der Waals surface area contributed by atoms with Gasteiger partial charge in [0, 0.05) is 5.71 Å². The van der Waals surface area contributed by atoms with E-state index in [4.69, 9.17) is 0 Å². The van der Waals surface area contributed by atoms with E-state index >= 15 is 0 Å². The molecular weight excluding hydrogens is 208 g/mol. The molecule has 1 fully saturated rings. The van der Waals surface area contributed by atoms with Gasteiger partial charge in [-0.1, -0.05) is 36.8 Å². The zero-order valence-electron chi connectivity index (χ0n) is 10.1. The van der Waals surface area contributed by atoms with Crippen molar-refractivity contribution in [1.29, 1.82) is 0 Å². The predicted octanol–water partition coefficient (Wildman–Crippen LogP) is 3.82. The van der Waals surface area contributed by atoms with Crippen LogP contribution in [-0.2, 0) is 0 Å². The molecule has 3 rings (SSSR count). The quantitative estimate of drug-likeness (QED) is 0.695. The zero-order valence-corrected chi connectivity index (χ0v) is 10.1. The van der Waals surface area contributed by atoms with Gasteiger partial charge in [-0.3, -0.25) is 0 Å². The Morgan fingerprint density at radius 1 is 0.882 bits per heavy atom. The number of benzene rings is 1. The van der Waals surface area contributed by atoms with Crippen LogP contribution >= 0.6 is 0 Å². The first kappa shape index (κ1) is 10.7. The van der Waals surface area contributed by atoms with E-state index in [1.165, 1.54) is 37.0 Å². The van der Waals surface area contributed by atoms with E-state index in [2.05, 4.69) is 34.5 Å². The zero-order chi connectivity index (χ0) is 11.5. The highest BCUT2D eigenvalue weighted by Crippen LogP contribution is 2.28. The summed E-state index contributed by atoms with van der Waals surface area (Å²) in [7, 11) is 0. The molecule has 1 aliphatic carbocycles. The molecule has 0 N–H and O–H groups in total. The van der Waals surface area contributed by atoms with Crippen molar-refractivity contribution in [3.63, 3.8) is 0 Å². The molecule has 1 saturated carbocycles. The fourth-order valence-electron chi connectivity index (χ4n) is 2.83. The molecule has 17 heavy (non-hydrogen) atoms. The standard InChI is InChI=1S/C15H18N2/c1-2-6-12(7-3-1)15-11-10-13-8-4-5-9-14(13)16-17-15/h1-3,6-7,13H,4-5,8-11H2/t13-/m1/s1. The van der Waals surface area contributed by atoms with Gasteiger partial charge in [-0.25, -0.2) is 0 Å². The molecule has 2 nitrogen and oxygen atoms in total. The molecule has 2 aliphatic rings.